The van der Waals surface area contributed by atoms with Crippen LogP contribution in [0.25, 0.3) is 0 Å². The number of fused-ring (bicyclic) bond motifs is 1. The van der Waals surface area contributed by atoms with Crippen LogP contribution in [0.15, 0.2) is 53.0 Å². The molecule has 0 saturated carbocycles. The van der Waals surface area contributed by atoms with Gasteiger partial charge in [0.2, 0.25) is 12.5 Å². The SMILES string of the molecule is CC(=O)N1c2ccc(Br)cc2C(=O)[C@@H]1[C@H](C[N+](=O)[O-])c1ccccc1. The highest BCUT2D eigenvalue weighted by Crippen LogP contribution is 2.40. The van der Waals surface area contributed by atoms with Gasteiger partial charge >= 0.3 is 0 Å². The van der Waals surface area contributed by atoms with Gasteiger partial charge in [-0.1, -0.05) is 46.3 Å². The molecule has 1 heterocycles. The van der Waals surface area contributed by atoms with Crippen molar-refractivity contribution in [2.45, 2.75) is 18.9 Å². The normalized spacial score (nSPS) is 17.3. The van der Waals surface area contributed by atoms with Crippen molar-refractivity contribution in [3.05, 3.63) is 74.2 Å². The molecule has 7 heteroatoms. The fourth-order valence-corrected chi connectivity index (χ4v) is 3.68. The summed E-state index contributed by atoms with van der Waals surface area (Å²) in [5.74, 6) is -1.32. The van der Waals surface area contributed by atoms with Gasteiger partial charge in [-0.15, -0.1) is 0 Å². The molecule has 0 bridgehead atoms. The summed E-state index contributed by atoms with van der Waals surface area (Å²) in [7, 11) is 0. The Hall–Kier alpha value is -2.54. The van der Waals surface area contributed by atoms with E-state index in [1.165, 1.54) is 11.8 Å². The standard InChI is InChI=1S/C18H15BrN2O4/c1-11(22)21-16-8-7-13(19)9-14(16)18(23)17(21)15(10-20(24)25)12-5-3-2-4-6-12/h2-9,15,17H,10H2,1H3/t15-,17+/m1/s1. The van der Waals surface area contributed by atoms with E-state index in [1.54, 1.807) is 48.5 Å². The maximum absolute atomic E-state index is 13.0. The van der Waals surface area contributed by atoms with E-state index in [2.05, 4.69) is 15.9 Å². The van der Waals surface area contributed by atoms with Gasteiger partial charge in [-0.25, -0.2) is 0 Å². The lowest BCUT2D eigenvalue weighted by atomic mass is 9.88. The second-order valence-electron chi connectivity index (χ2n) is 5.89. The van der Waals surface area contributed by atoms with Crippen LogP contribution in [-0.4, -0.2) is 29.2 Å². The second kappa shape index (κ2) is 6.76. The van der Waals surface area contributed by atoms with Crippen molar-refractivity contribution < 1.29 is 14.5 Å². The molecule has 0 N–H and O–H groups in total. The molecule has 0 aliphatic carbocycles. The average molecular weight is 403 g/mol. The highest BCUT2D eigenvalue weighted by molar-refractivity contribution is 9.10. The lowest BCUT2D eigenvalue weighted by Gasteiger charge is -2.28. The Labute approximate surface area is 152 Å². The van der Waals surface area contributed by atoms with Crippen LogP contribution >= 0.6 is 15.9 Å². The minimum absolute atomic E-state index is 0.276. The molecule has 3 rings (SSSR count). The van der Waals surface area contributed by atoms with Crippen molar-refractivity contribution in [1.82, 2.24) is 0 Å². The van der Waals surface area contributed by atoms with Gasteiger partial charge in [-0.2, -0.15) is 0 Å². The molecule has 0 radical (unpaired) electrons. The number of benzene rings is 2. The molecule has 6 nitrogen and oxygen atoms in total. The fraction of sp³-hybridized carbons (Fsp3) is 0.222. The van der Waals surface area contributed by atoms with Gasteiger partial charge in [0.15, 0.2) is 5.78 Å². The zero-order chi connectivity index (χ0) is 18.1. The zero-order valence-corrected chi connectivity index (χ0v) is 15.0. The minimum Gasteiger partial charge on any atom is -0.300 e. The molecule has 2 aromatic rings. The molecule has 2 aromatic carbocycles. The van der Waals surface area contributed by atoms with Crippen LogP contribution in [0, 0.1) is 10.1 Å². The number of Topliss-reactive ketones (excluding diaryl/α,β-unsaturated/α-hetero) is 1. The number of hydrogen-bond donors (Lipinski definition) is 0. The van der Waals surface area contributed by atoms with E-state index in [9.17, 15) is 19.7 Å². The van der Waals surface area contributed by atoms with Gasteiger partial charge in [-0.3, -0.25) is 19.7 Å². The molecular formula is C18H15BrN2O4. The number of anilines is 1. The molecule has 0 aromatic heterocycles. The quantitative estimate of drug-likeness (QED) is 0.579. The molecule has 2 atom stereocenters. The Balaban J connectivity index is 2.13. The topological polar surface area (TPSA) is 80.5 Å². The van der Waals surface area contributed by atoms with E-state index in [4.69, 9.17) is 0 Å². The second-order valence-corrected chi connectivity index (χ2v) is 6.81. The van der Waals surface area contributed by atoms with Crippen LogP contribution in [0.1, 0.15) is 28.8 Å². The zero-order valence-electron chi connectivity index (χ0n) is 13.4. The molecule has 0 saturated heterocycles. The van der Waals surface area contributed by atoms with Crippen LogP contribution in [0.2, 0.25) is 0 Å². The van der Waals surface area contributed by atoms with Gasteiger partial charge in [0.05, 0.1) is 11.6 Å². The number of carbonyl (C=O) groups excluding carboxylic acids is 2. The van der Waals surface area contributed by atoms with E-state index in [0.717, 1.165) is 0 Å². The van der Waals surface area contributed by atoms with Crippen molar-refractivity contribution >= 4 is 33.3 Å². The third-order valence-corrected chi connectivity index (χ3v) is 4.82. The number of ketones is 1. The molecule has 25 heavy (non-hydrogen) atoms. The number of nitro groups is 1. The summed E-state index contributed by atoms with van der Waals surface area (Å²) in [6, 6.07) is 13.0. The van der Waals surface area contributed by atoms with Crippen LogP contribution in [0.3, 0.4) is 0 Å². The number of carbonyl (C=O) groups is 2. The molecule has 128 valence electrons. The molecule has 1 aliphatic heterocycles. The van der Waals surface area contributed by atoms with E-state index in [-0.39, 0.29) is 11.7 Å². The predicted octanol–water partition coefficient (Wildman–Crippen LogP) is 3.43. The maximum atomic E-state index is 13.0. The first kappa shape index (κ1) is 17.3. The monoisotopic (exact) mass is 402 g/mol. The van der Waals surface area contributed by atoms with Gasteiger partial charge in [-0.05, 0) is 23.8 Å². The maximum Gasteiger partial charge on any atom is 0.224 e. The minimum atomic E-state index is -0.922. The van der Waals surface area contributed by atoms with Gasteiger partial charge < -0.3 is 4.90 Å². The first-order chi connectivity index (χ1) is 11.9. The number of halogens is 1. The van der Waals surface area contributed by atoms with E-state index >= 15 is 0 Å². The third kappa shape index (κ3) is 3.19. The summed E-state index contributed by atoms with van der Waals surface area (Å²) in [6.07, 6.45) is 0. The third-order valence-electron chi connectivity index (χ3n) is 4.32. The highest BCUT2D eigenvalue weighted by Gasteiger charge is 2.46. The van der Waals surface area contributed by atoms with Crippen molar-refractivity contribution in [3.8, 4) is 0 Å². The molecule has 0 unspecified atom stereocenters. The van der Waals surface area contributed by atoms with Crippen LogP contribution < -0.4 is 4.90 Å². The first-order valence-corrected chi connectivity index (χ1v) is 8.49. The smallest absolute Gasteiger partial charge is 0.224 e. The van der Waals surface area contributed by atoms with Crippen molar-refractivity contribution in [2.75, 3.05) is 11.4 Å². The summed E-state index contributed by atoms with van der Waals surface area (Å²) in [5.41, 5.74) is 1.56. The average Bonchev–Trinajstić information content (AvgIpc) is 2.86. The summed E-state index contributed by atoms with van der Waals surface area (Å²) >= 11 is 3.33. The predicted molar refractivity (Wildman–Crippen MR) is 96.5 cm³/mol. The first-order valence-electron chi connectivity index (χ1n) is 7.70. The molecular weight excluding hydrogens is 388 g/mol. The Kier molecular flexibility index (Phi) is 4.67. The summed E-state index contributed by atoms with van der Waals surface area (Å²) < 4.78 is 0.717. The molecule has 1 aliphatic rings. The van der Waals surface area contributed by atoms with Gasteiger partial charge in [0.1, 0.15) is 6.04 Å². The van der Waals surface area contributed by atoms with Crippen molar-refractivity contribution in [1.29, 1.82) is 0 Å². The largest absolute Gasteiger partial charge is 0.300 e. The van der Waals surface area contributed by atoms with Crippen molar-refractivity contribution in [3.63, 3.8) is 0 Å². The highest BCUT2D eigenvalue weighted by atomic mass is 79.9. The van der Waals surface area contributed by atoms with Gasteiger partial charge in [0.25, 0.3) is 0 Å². The number of amides is 1. The summed E-state index contributed by atoms with van der Waals surface area (Å²) in [4.78, 5) is 37.5. The van der Waals surface area contributed by atoms with E-state index in [1.807, 2.05) is 0 Å². The van der Waals surface area contributed by atoms with E-state index < -0.39 is 23.4 Å². The fourth-order valence-electron chi connectivity index (χ4n) is 3.32. The lowest BCUT2D eigenvalue weighted by molar-refractivity contribution is -0.483. The van der Waals surface area contributed by atoms with Gasteiger partial charge in [0, 0.05) is 21.9 Å². The lowest BCUT2D eigenvalue weighted by Crippen LogP contribution is -2.45. The Bertz CT molecular complexity index is 853. The Morgan fingerprint density at radius 2 is 1.96 bits per heavy atom. The summed E-state index contributed by atoms with van der Waals surface area (Å²) in [6.45, 7) is 0.936. The van der Waals surface area contributed by atoms with Crippen LogP contribution in [0.5, 0.6) is 0 Å². The van der Waals surface area contributed by atoms with Crippen LogP contribution in [0.4, 0.5) is 5.69 Å². The number of nitrogens with zero attached hydrogens (tertiary/aromatic N) is 2. The van der Waals surface area contributed by atoms with E-state index in [0.29, 0.717) is 21.3 Å². The number of rotatable bonds is 4. The Morgan fingerprint density at radius 1 is 1.28 bits per heavy atom. The van der Waals surface area contributed by atoms with Crippen molar-refractivity contribution in [2.24, 2.45) is 0 Å². The number of hydrogen-bond acceptors (Lipinski definition) is 4. The Morgan fingerprint density at radius 3 is 2.56 bits per heavy atom. The molecule has 0 spiro atoms. The molecule has 1 amide bonds. The van der Waals surface area contributed by atoms with Crippen LogP contribution in [-0.2, 0) is 4.79 Å². The summed E-state index contributed by atoms with van der Waals surface area (Å²) in [5, 5.41) is 11.2. The molecule has 0 fully saturated rings.